The van der Waals surface area contributed by atoms with Crippen LogP contribution in [-0.4, -0.2) is 19.3 Å². The number of primary sulfonamides is 1. The summed E-state index contributed by atoms with van der Waals surface area (Å²) >= 11 is 0. The number of anilines is 1. The van der Waals surface area contributed by atoms with Gasteiger partial charge in [-0.2, -0.15) is 0 Å². The molecule has 6 nitrogen and oxygen atoms in total. The van der Waals surface area contributed by atoms with Crippen LogP contribution in [0.4, 0.5) is 5.69 Å². The number of hydrogen-bond donors (Lipinski definition) is 2. The van der Waals surface area contributed by atoms with E-state index in [2.05, 4.69) is 10.3 Å². The Bertz CT molecular complexity index is 699. The number of nitrogens with zero attached hydrogens (tertiary/aromatic N) is 1. The summed E-state index contributed by atoms with van der Waals surface area (Å²) in [5.74, 6) is -0.503. The molecule has 0 aliphatic heterocycles. The van der Waals surface area contributed by atoms with Crippen molar-refractivity contribution < 1.29 is 13.2 Å². The molecule has 2 aromatic rings. The second-order valence-electron chi connectivity index (χ2n) is 3.71. The summed E-state index contributed by atoms with van der Waals surface area (Å²) in [6, 6.07) is 10.8. The van der Waals surface area contributed by atoms with Crippen molar-refractivity contribution in [2.75, 3.05) is 5.32 Å². The fourth-order valence-electron chi connectivity index (χ4n) is 1.50. The van der Waals surface area contributed by atoms with Crippen LogP contribution in [0, 0.1) is 0 Å². The summed E-state index contributed by atoms with van der Waals surface area (Å²) in [6.07, 6.45) is 1.47. The molecule has 0 saturated heterocycles. The van der Waals surface area contributed by atoms with Crippen molar-refractivity contribution in [3.63, 3.8) is 0 Å². The Morgan fingerprint density at radius 2 is 1.79 bits per heavy atom. The van der Waals surface area contributed by atoms with E-state index in [1.807, 2.05) is 0 Å². The van der Waals surface area contributed by atoms with Gasteiger partial charge in [0.15, 0.2) is 0 Å². The van der Waals surface area contributed by atoms with Gasteiger partial charge >= 0.3 is 0 Å². The molecule has 0 atom stereocenters. The summed E-state index contributed by atoms with van der Waals surface area (Å²) in [6.45, 7) is 0. The van der Waals surface area contributed by atoms with E-state index in [1.165, 1.54) is 30.5 Å². The number of amides is 1. The average molecular weight is 277 g/mol. The van der Waals surface area contributed by atoms with Crippen molar-refractivity contribution in [2.45, 2.75) is 4.90 Å². The van der Waals surface area contributed by atoms with E-state index < -0.39 is 15.9 Å². The maximum absolute atomic E-state index is 11.9. The van der Waals surface area contributed by atoms with E-state index in [9.17, 15) is 13.2 Å². The Hall–Kier alpha value is -2.25. The Morgan fingerprint density at radius 3 is 2.42 bits per heavy atom. The number of nitrogens with two attached hydrogens (primary N) is 1. The molecule has 0 aliphatic carbocycles. The van der Waals surface area contributed by atoms with Gasteiger partial charge in [0, 0.05) is 6.20 Å². The number of nitrogens with one attached hydrogen (secondary N) is 1. The maximum atomic E-state index is 11.9. The van der Waals surface area contributed by atoms with Gasteiger partial charge in [-0.05, 0) is 24.3 Å². The van der Waals surface area contributed by atoms with Crippen molar-refractivity contribution in [1.29, 1.82) is 0 Å². The van der Waals surface area contributed by atoms with Crippen LogP contribution >= 0.6 is 0 Å². The number of hydrogen-bond acceptors (Lipinski definition) is 4. The first-order valence-corrected chi connectivity index (χ1v) is 6.87. The molecular formula is C12H11N3O3S. The molecule has 7 heteroatoms. The number of sulfonamides is 1. The molecule has 3 N–H and O–H groups in total. The van der Waals surface area contributed by atoms with Crippen LogP contribution in [0.15, 0.2) is 53.6 Å². The number of carbonyl (C=O) groups excluding carboxylic acids is 1. The Kier molecular flexibility index (Phi) is 3.59. The quantitative estimate of drug-likeness (QED) is 0.873. The van der Waals surface area contributed by atoms with Gasteiger partial charge in [-0.3, -0.25) is 9.78 Å². The molecular weight excluding hydrogens is 266 g/mol. The minimum absolute atomic E-state index is 0.126. The summed E-state index contributed by atoms with van der Waals surface area (Å²) < 4.78 is 22.8. The molecule has 1 heterocycles. The second-order valence-corrected chi connectivity index (χ2v) is 5.24. The highest BCUT2D eigenvalue weighted by Crippen LogP contribution is 2.19. The zero-order valence-corrected chi connectivity index (χ0v) is 10.6. The zero-order valence-electron chi connectivity index (χ0n) is 9.78. The van der Waals surface area contributed by atoms with Crippen molar-refractivity contribution >= 4 is 21.6 Å². The van der Waals surface area contributed by atoms with Crippen LogP contribution in [0.3, 0.4) is 0 Å². The number of carbonyl (C=O) groups is 1. The third kappa shape index (κ3) is 3.15. The smallest absolute Gasteiger partial charge is 0.274 e. The average Bonchev–Trinajstić information content (AvgIpc) is 2.39. The Balaban J connectivity index is 2.33. The molecule has 0 unspecified atom stereocenters. The first-order chi connectivity index (χ1) is 8.98. The number of benzene rings is 1. The molecule has 0 bridgehead atoms. The van der Waals surface area contributed by atoms with Crippen LogP contribution < -0.4 is 10.5 Å². The third-order valence-corrected chi connectivity index (χ3v) is 3.31. The fraction of sp³-hybridized carbons (Fsp3) is 0. The lowest BCUT2D eigenvalue weighted by molar-refractivity contribution is 0.102. The fourth-order valence-corrected chi connectivity index (χ4v) is 2.20. The third-order valence-electron chi connectivity index (χ3n) is 2.34. The predicted octanol–water partition coefficient (Wildman–Crippen LogP) is 0.981. The molecule has 1 aromatic carbocycles. The summed E-state index contributed by atoms with van der Waals surface area (Å²) in [5.41, 5.74) is 0.312. The highest BCUT2D eigenvalue weighted by atomic mass is 32.2. The molecule has 1 aromatic heterocycles. The Morgan fingerprint density at radius 1 is 1.11 bits per heavy atom. The molecule has 98 valence electrons. The van der Waals surface area contributed by atoms with Crippen LogP contribution in [0.5, 0.6) is 0 Å². The van der Waals surface area contributed by atoms with Gasteiger partial charge < -0.3 is 5.32 Å². The first kappa shape index (κ1) is 13.2. The van der Waals surface area contributed by atoms with E-state index >= 15 is 0 Å². The molecule has 1 amide bonds. The van der Waals surface area contributed by atoms with Gasteiger partial charge in [0.1, 0.15) is 10.6 Å². The molecule has 2 rings (SSSR count). The molecule has 19 heavy (non-hydrogen) atoms. The van der Waals surface area contributed by atoms with E-state index in [-0.39, 0.29) is 16.3 Å². The number of pyridine rings is 1. The maximum Gasteiger partial charge on any atom is 0.274 e. The topological polar surface area (TPSA) is 102 Å². The highest BCUT2D eigenvalue weighted by molar-refractivity contribution is 7.89. The number of para-hydroxylation sites is 1. The van der Waals surface area contributed by atoms with E-state index in [0.717, 1.165) is 0 Å². The predicted molar refractivity (Wildman–Crippen MR) is 70.0 cm³/mol. The summed E-state index contributed by atoms with van der Waals surface area (Å²) in [5, 5.41) is 7.55. The van der Waals surface area contributed by atoms with Gasteiger partial charge in [-0.15, -0.1) is 0 Å². The second kappa shape index (κ2) is 5.17. The normalized spacial score (nSPS) is 11.0. The summed E-state index contributed by atoms with van der Waals surface area (Å²) in [4.78, 5) is 15.6. The van der Waals surface area contributed by atoms with Crippen LogP contribution in [-0.2, 0) is 10.0 Å². The van der Waals surface area contributed by atoms with Gasteiger partial charge in [-0.25, -0.2) is 13.6 Å². The highest BCUT2D eigenvalue weighted by Gasteiger charge is 2.16. The van der Waals surface area contributed by atoms with Crippen molar-refractivity contribution in [2.24, 2.45) is 5.14 Å². The SMILES string of the molecule is NS(=O)(=O)c1ccccc1NC(=O)c1ccccn1. The first-order valence-electron chi connectivity index (χ1n) is 5.33. The van der Waals surface area contributed by atoms with Gasteiger partial charge in [0.2, 0.25) is 10.0 Å². The molecule has 0 aliphatic rings. The lowest BCUT2D eigenvalue weighted by atomic mass is 10.3. The lowest BCUT2D eigenvalue weighted by Gasteiger charge is -2.08. The molecule has 0 saturated carbocycles. The zero-order chi connectivity index (χ0) is 13.9. The molecule has 0 fully saturated rings. The Labute approximate surface area is 110 Å². The van der Waals surface area contributed by atoms with Crippen molar-refractivity contribution in [3.05, 3.63) is 54.4 Å². The minimum Gasteiger partial charge on any atom is -0.319 e. The molecule has 0 radical (unpaired) electrons. The lowest BCUT2D eigenvalue weighted by Crippen LogP contribution is -2.18. The van der Waals surface area contributed by atoms with Gasteiger partial charge in [0.25, 0.3) is 5.91 Å². The van der Waals surface area contributed by atoms with E-state index in [0.29, 0.717) is 0 Å². The van der Waals surface area contributed by atoms with E-state index in [4.69, 9.17) is 5.14 Å². The largest absolute Gasteiger partial charge is 0.319 e. The van der Waals surface area contributed by atoms with Crippen LogP contribution in [0.1, 0.15) is 10.5 Å². The van der Waals surface area contributed by atoms with Gasteiger partial charge in [0.05, 0.1) is 5.69 Å². The number of rotatable bonds is 3. The van der Waals surface area contributed by atoms with E-state index in [1.54, 1.807) is 18.2 Å². The number of aromatic nitrogens is 1. The monoisotopic (exact) mass is 277 g/mol. The van der Waals surface area contributed by atoms with Crippen molar-refractivity contribution in [3.8, 4) is 0 Å². The molecule has 0 spiro atoms. The van der Waals surface area contributed by atoms with Crippen molar-refractivity contribution in [1.82, 2.24) is 4.98 Å². The van der Waals surface area contributed by atoms with Gasteiger partial charge in [-0.1, -0.05) is 18.2 Å². The summed E-state index contributed by atoms with van der Waals surface area (Å²) in [7, 11) is -3.90. The standard InChI is InChI=1S/C12H11N3O3S/c13-19(17,18)11-7-2-1-5-9(11)15-12(16)10-6-3-4-8-14-10/h1-8H,(H,15,16)(H2,13,17,18). The van der Waals surface area contributed by atoms with Crippen LogP contribution in [0.2, 0.25) is 0 Å². The van der Waals surface area contributed by atoms with Crippen LogP contribution in [0.25, 0.3) is 0 Å². The minimum atomic E-state index is -3.90.